The molecule has 2 atom stereocenters. The molecule has 0 saturated carbocycles. The lowest BCUT2D eigenvalue weighted by Gasteiger charge is -2.25. The van der Waals surface area contributed by atoms with E-state index in [4.69, 9.17) is 9.47 Å². The van der Waals surface area contributed by atoms with Crippen LogP contribution >= 0.6 is 0 Å². The second kappa shape index (κ2) is 6.44. The van der Waals surface area contributed by atoms with Crippen molar-refractivity contribution in [1.82, 2.24) is 5.32 Å². The number of methoxy groups -OCH3 is 2. The molecule has 1 amide bonds. The van der Waals surface area contributed by atoms with Gasteiger partial charge in [0.25, 0.3) is 0 Å². The number of alkyl carbamates (subject to hydrolysis) is 1. The van der Waals surface area contributed by atoms with Gasteiger partial charge in [0.15, 0.2) is 6.04 Å². The summed E-state index contributed by atoms with van der Waals surface area (Å²) in [5.74, 6) is -0.579. The highest BCUT2D eigenvalue weighted by Crippen LogP contribution is 2.08. The molecule has 0 bridgehead atoms. The van der Waals surface area contributed by atoms with Crippen LogP contribution in [-0.2, 0) is 19.0 Å². The topological polar surface area (TPSA) is 73.9 Å². The fourth-order valence-corrected chi connectivity index (χ4v) is 1.07. The number of carbonyl (C=O) groups excluding carboxylic acids is 2. The van der Waals surface area contributed by atoms with Crippen LogP contribution < -0.4 is 5.32 Å². The zero-order chi connectivity index (χ0) is 13.6. The summed E-state index contributed by atoms with van der Waals surface area (Å²) in [5, 5.41) is 2.41. The lowest BCUT2D eigenvalue weighted by atomic mass is 10.2. The third-order valence-corrected chi connectivity index (χ3v) is 1.97. The average molecular weight is 247 g/mol. The number of esters is 1. The normalized spacial score (nSPS) is 14.7. The minimum absolute atomic E-state index is 0.505. The monoisotopic (exact) mass is 247 g/mol. The molecule has 0 spiro atoms. The fraction of sp³-hybridized carbons (Fsp3) is 0.818. The lowest BCUT2D eigenvalue weighted by molar-refractivity contribution is -0.146. The second-order valence-corrected chi connectivity index (χ2v) is 4.59. The highest BCUT2D eigenvalue weighted by Gasteiger charge is 2.29. The number of ether oxygens (including phenoxy) is 3. The van der Waals surface area contributed by atoms with Gasteiger partial charge in [-0.05, 0) is 27.7 Å². The standard InChI is InChI=1S/C11H21NO5/c1-7(15-5)8(9(13)16-6)12-10(14)17-11(2,3)4/h7-8H,1-6H3,(H,12,14)/t7-,8-/m1/s1. The molecular weight excluding hydrogens is 226 g/mol. The van der Waals surface area contributed by atoms with Crippen molar-refractivity contribution in [2.75, 3.05) is 14.2 Å². The molecule has 1 N–H and O–H groups in total. The maximum atomic E-state index is 11.5. The van der Waals surface area contributed by atoms with Gasteiger partial charge in [0.2, 0.25) is 0 Å². The highest BCUT2D eigenvalue weighted by atomic mass is 16.6. The molecule has 100 valence electrons. The number of rotatable bonds is 4. The Balaban J connectivity index is 4.54. The van der Waals surface area contributed by atoms with Gasteiger partial charge < -0.3 is 19.5 Å². The van der Waals surface area contributed by atoms with Crippen molar-refractivity contribution in [3.63, 3.8) is 0 Å². The summed E-state index contributed by atoms with van der Waals surface area (Å²) in [7, 11) is 2.69. The molecular formula is C11H21NO5. The fourth-order valence-electron chi connectivity index (χ4n) is 1.07. The van der Waals surface area contributed by atoms with Crippen molar-refractivity contribution >= 4 is 12.1 Å². The number of hydrogen-bond acceptors (Lipinski definition) is 5. The van der Waals surface area contributed by atoms with Gasteiger partial charge in [0, 0.05) is 7.11 Å². The van der Waals surface area contributed by atoms with Gasteiger partial charge >= 0.3 is 12.1 Å². The van der Waals surface area contributed by atoms with Gasteiger partial charge in [-0.3, -0.25) is 0 Å². The summed E-state index contributed by atoms with van der Waals surface area (Å²) in [4.78, 5) is 23.0. The summed E-state index contributed by atoms with van der Waals surface area (Å²) in [6.07, 6.45) is -1.19. The largest absolute Gasteiger partial charge is 0.467 e. The second-order valence-electron chi connectivity index (χ2n) is 4.59. The highest BCUT2D eigenvalue weighted by molar-refractivity contribution is 5.81. The van der Waals surface area contributed by atoms with E-state index in [1.807, 2.05) is 0 Å². The molecule has 0 fully saturated rings. The molecule has 0 aliphatic carbocycles. The minimum Gasteiger partial charge on any atom is -0.467 e. The molecule has 0 saturated heterocycles. The first-order valence-corrected chi connectivity index (χ1v) is 5.31. The quantitative estimate of drug-likeness (QED) is 0.753. The first-order valence-electron chi connectivity index (χ1n) is 5.31. The Bertz CT molecular complexity index is 272. The zero-order valence-electron chi connectivity index (χ0n) is 11.2. The summed E-state index contributed by atoms with van der Waals surface area (Å²) in [6, 6.07) is -0.889. The molecule has 0 aromatic heterocycles. The van der Waals surface area contributed by atoms with Crippen LogP contribution in [0, 0.1) is 0 Å². The van der Waals surface area contributed by atoms with Crippen LogP contribution in [0.5, 0.6) is 0 Å². The van der Waals surface area contributed by atoms with E-state index in [9.17, 15) is 9.59 Å². The van der Waals surface area contributed by atoms with Crippen LogP contribution in [0.1, 0.15) is 27.7 Å². The summed E-state index contributed by atoms with van der Waals surface area (Å²) >= 11 is 0. The van der Waals surface area contributed by atoms with Crippen molar-refractivity contribution in [1.29, 1.82) is 0 Å². The van der Waals surface area contributed by atoms with E-state index in [2.05, 4.69) is 10.1 Å². The molecule has 0 radical (unpaired) electrons. The van der Waals surface area contributed by atoms with E-state index in [1.165, 1.54) is 14.2 Å². The van der Waals surface area contributed by atoms with Crippen LogP contribution in [0.2, 0.25) is 0 Å². The van der Waals surface area contributed by atoms with Gasteiger partial charge in [-0.1, -0.05) is 0 Å². The Morgan fingerprint density at radius 2 is 1.71 bits per heavy atom. The molecule has 6 nitrogen and oxygen atoms in total. The maximum Gasteiger partial charge on any atom is 0.408 e. The van der Waals surface area contributed by atoms with E-state index in [0.717, 1.165) is 0 Å². The van der Waals surface area contributed by atoms with E-state index in [1.54, 1.807) is 27.7 Å². The third-order valence-electron chi connectivity index (χ3n) is 1.97. The Labute approximate surface area is 102 Å². The first-order chi connectivity index (χ1) is 7.71. The van der Waals surface area contributed by atoms with Gasteiger partial charge in [-0.2, -0.15) is 0 Å². The van der Waals surface area contributed by atoms with E-state index in [0.29, 0.717) is 0 Å². The molecule has 0 rings (SSSR count). The summed E-state index contributed by atoms with van der Waals surface area (Å²) in [5.41, 5.74) is -0.624. The first kappa shape index (κ1) is 15.7. The average Bonchev–Trinajstić information content (AvgIpc) is 2.21. The molecule has 0 heterocycles. The Hall–Kier alpha value is -1.30. The zero-order valence-corrected chi connectivity index (χ0v) is 11.2. The van der Waals surface area contributed by atoms with Gasteiger partial charge in [0.05, 0.1) is 13.2 Å². The minimum atomic E-state index is -0.889. The van der Waals surface area contributed by atoms with Crippen LogP contribution in [-0.4, -0.2) is 44.0 Å². The Morgan fingerprint density at radius 1 is 1.18 bits per heavy atom. The molecule has 0 aromatic carbocycles. The predicted octanol–water partition coefficient (Wildman–Crippen LogP) is 1.09. The maximum absolute atomic E-state index is 11.5. The van der Waals surface area contributed by atoms with Crippen molar-refractivity contribution in [3.05, 3.63) is 0 Å². The summed E-state index contributed by atoms with van der Waals surface area (Å²) < 4.78 is 14.6. The molecule has 0 aliphatic heterocycles. The van der Waals surface area contributed by atoms with Crippen molar-refractivity contribution in [2.24, 2.45) is 0 Å². The molecule has 17 heavy (non-hydrogen) atoms. The van der Waals surface area contributed by atoms with Crippen LogP contribution in [0.4, 0.5) is 4.79 Å². The molecule has 0 aromatic rings. The van der Waals surface area contributed by atoms with E-state index in [-0.39, 0.29) is 0 Å². The van der Waals surface area contributed by atoms with Gasteiger partial charge in [-0.15, -0.1) is 0 Å². The third kappa shape index (κ3) is 6.11. The van der Waals surface area contributed by atoms with E-state index < -0.39 is 29.8 Å². The van der Waals surface area contributed by atoms with Crippen LogP contribution in [0.3, 0.4) is 0 Å². The molecule has 0 aliphatic rings. The smallest absolute Gasteiger partial charge is 0.408 e. The van der Waals surface area contributed by atoms with E-state index >= 15 is 0 Å². The van der Waals surface area contributed by atoms with Crippen molar-refractivity contribution < 1.29 is 23.8 Å². The Kier molecular flexibility index (Phi) is 5.95. The number of amides is 1. The number of hydrogen-bond donors (Lipinski definition) is 1. The molecule has 0 unspecified atom stereocenters. The van der Waals surface area contributed by atoms with Crippen molar-refractivity contribution in [3.8, 4) is 0 Å². The number of carbonyl (C=O) groups is 2. The lowest BCUT2D eigenvalue weighted by Crippen LogP contribution is -2.50. The number of nitrogens with one attached hydrogen (secondary N) is 1. The molecule has 6 heteroatoms. The SMILES string of the molecule is COC(=O)[C@H](NC(=O)OC(C)(C)C)[C@@H](C)OC. The van der Waals surface area contributed by atoms with Gasteiger partial charge in [0.1, 0.15) is 5.60 Å². The van der Waals surface area contributed by atoms with Crippen LogP contribution in [0.25, 0.3) is 0 Å². The predicted molar refractivity (Wildman–Crippen MR) is 61.6 cm³/mol. The Morgan fingerprint density at radius 3 is 2.06 bits per heavy atom. The van der Waals surface area contributed by atoms with Crippen molar-refractivity contribution in [2.45, 2.75) is 45.4 Å². The van der Waals surface area contributed by atoms with Gasteiger partial charge in [-0.25, -0.2) is 9.59 Å². The van der Waals surface area contributed by atoms with Crippen LogP contribution in [0.15, 0.2) is 0 Å². The summed E-state index contributed by atoms with van der Waals surface area (Å²) in [6.45, 7) is 6.86.